The molecular formula is C17H24N2O4S. The number of carbonyl (C=O) groups is 1. The van der Waals surface area contributed by atoms with Crippen molar-refractivity contribution in [1.82, 2.24) is 9.21 Å². The second kappa shape index (κ2) is 7.21. The molecule has 2 aliphatic heterocycles. The van der Waals surface area contributed by atoms with Crippen LogP contribution in [-0.2, 0) is 19.6 Å². The highest BCUT2D eigenvalue weighted by Crippen LogP contribution is 2.26. The SMILES string of the molecule is CS(=O)(=O)N1CCCCC1C(=O)N1CCOC(c2ccccc2)C1. The number of benzene rings is 1. The molecule has 6 nitrogen and oxygen atoms in total. The van der Waals surface area contributed by atoms with Gasteiger partial charge in [0, 0.05) is 13.1 Å². The van der Waals surface area contributed by atoms with Crippen LogP contribution in [0.4, 0.5) is 0 Å². The van der Waals surface area contributed by atoms with Gasteiger partial charge in [0.2, 0.25) is 15.9 Å². The second-order valence-electron chi connectivity index (χ2n) is 6.44. The van der Waals surface area contributed by atoms with Gasteiger partial charge in [-0.25, -0.2) is 8.42 Å². The van der Waals surface area contributed by atoms with Crippen molar-refractivity contribution in [3.8, 4) is 0 Å². The summed E-state index contributed by atoms with van der Waals surface area (Å²) in [6.45, 7) is 1.88. The third-order valence-corrected chi connectivity index (χ3v) is 6.00. The van der Waals surface area contributed by atoms with Crippen LogP contribution in [0.1, 0.15) is 30.9 Å². The Labute approximate surface area is 143 Å². The van der Waals surface area contributed by atoms with E-state index in [2.05, 4.69) is 0 Å². The molecule has 3 rings (SSSR count). The van der Waals surface area contributed by atoms with Crippen LogP contribution in [0.2, 0.25) is 0 Å². The first-order chi connectivity index (χ1) is 11.5. The number of piperidine rings is 1. The average molecular weight is 352 g/mol. The highest BCUT2D eigenvalue weighted by Gasteiger charge is 2.38. The van der Waals surface area contributed by atoms with Crippen molar-refractivity contribution in [2.75, 3.05) is 32.5 Å². The van der Waals surface area contributed by atoms with E-state index in [9.17, 15) is 13.2 Å². The number of sulfonamides is 1. The molecule has 2 atom stereocenters. The van der Waals surface area contributed by atoms with Crippen molar-refractivity contribution in [2.45, 2.75) is 31.4 Å². The first-order valence-corrected chi connectivity index (χ1v) is 10.2. The van der Waals surface area contributed by atoms with Gasteiger partial charge in [0.1, 0.15) is 12.1 Å². The van der Waals surface area contributed by atoms with Crippen LogP contribution >= 0.6 is 0 Å². The molecular weight excluding hydrogens is 328 g/mol. The number of morpholine rings is 1. The predicted molar refractivity (Wildman–Crippen MR) is 90.9 cm³/mol. The Balaban J connectivity index is 1.74. The third kappa shape index (κ3) is 3.79. The fourth-order valence-electron chi connectivity index (χ4n) is 3.48. The van der Waals surface area contributed by atoms with Gasteiger partial charge in [-0.2, -0.15) is 4.31 Å². The smallest absolute Gasteiger partial charge is 0.241 e. The van der Waals surface area contributed by atoms with Gasteiger partial charge >= 0.3 is 0 Å². The zero-order valence-corrected chi connectivity index (χ0v) is 14.7. The number of rotatable bonds is 3. The van der Waals surface area contributed by atoms with Crippen LogP contribution in [0, 0.1) is 0 Å². The average Bonchev–Trinajstić information content (AvgIpc) is 2.61. The summed E-state index contributed by atoms with van der Waals surface area (Å²) in [5, 5.41) is 0. The largest absolute Gasteiger partial charge is 0.370 e. The van der Waals surface area contributed by atoms with E-state index in [0.717, 1.165) is 18.4 Å². The van der Waals surface area contributed by atoms with Crippen LogP contribution in [0.3, 0.4) is 0 Å². The Morgan fingerprint density at radius 3 is 2.62 bits per heavy atom. The van der Waals surface area contributed by atoms with E-state index in [1.807, 2.05) is 30.3 Å². The van der Waals surface area contributed by atoms with E-state index >= 15 is 0 Å². The number of amides is 1. The lowest BCUT2D eigenvalue weighted by molar-refractivity contribution is -0.144. The topological polar surface area (TPSA) is 66.9 Å². The van der Waals surface area contributed by atoms with E-state index in [4.69, 9.17) is 4.74 Å². The Morgan fingerprint density at radius 1 is 1.17 bits per heavy atom. The Hall–Kier alpha value is -1.44. The maximum Gasteiger partial charge on any atom is 0.241 e. The number of carbonyl (C=O) groups excluding carboxylic acids is 1. The molecule has 2 fully saturated rings. The molecule has 0 aromatic heterocycles. The highest BCUT2D eigenvalue weighted by molar-refractivity contribution is 7.88. The number of hydrogen-bond donors (Lipinski definition) is 0. The standard InChI is InChI=1S/C17H24N2O4S/c1-24(21,22)19-10-6-5-9-15(19)17(20)18-11-12-23-16(13-18)14-7-3-2-4-8-14/h2-4,7-8,15-16H,5-6,9-13H2,1H3. The van der Waals surface area contributed by atoms with E-state index in [0.29, 0.717) is 32.7 Å². The molecule has 2 unspecified atom stereocenters. The van der Waals surface area contributed by atoms with Gasteiger partial charge in [0.25, 0.3) is 0 Å². The van der Waals surface area contributed by atoms with Crippen molar-refractivity contribution < 1.29 is 17.9 Å². The van der Waals surface area contributed by atoms with Gasteiger partial charge in [-0.05, 0) is 18.4 Å². The van der Waals surface area contributed by atoms with Gasteiger partial charge in [0.05, 0.1) is 19.4 Å². The Morgan fingerprint density at radius 2 is 1.92 bits per heavy atom. The molecule has 24 heavy (non-hydrogen) atoms. The van der Waals surface area contributed by atoms with Gasteiger partial charge in [-0.15, -0.1) is 0 Å². The molecule has 0 bridgehead atoms. The molecule has 0 aliphatic carbocycles. The summed E-state index contributed by atoms with van der Waals surface area (Å²) in [4.78, 5) is 14.7. The number of hydrogen-bond acceptors (Lipinski definition) is 4. The molecule has 0 N–H and O–H groups in total. The maximum absolute atomic E-state index is 13.0. The lowest BCUT2D eigenvalue weighted by atomic mass is 10.0. The van der Waals surface area contributed by atoms with Crippen LogP contribution in [0.15, 0.2) is 30.3 Å². The highest BCUT2D eigenvalue weighted by atomic mass is 32.2. The molecule has 7 heteroatoms. The first kappa shape index (κ1) is 17.4. The Bertz CT molecular complexity index is 677. The second-order valence-corrected chi connectivity index (χ2v) is 8.37. The minimum Gasteiger partial charge on any atom is -0.370 e. The molecule has 0 spiro atoms. The summed E-state index contributed by atoms with van der Waals surface area (Å²) in [6.07, 6.45) is 3.32. The molecule has 2 saturated heterocycles. The normalized spacial score (nSPS) is 26.3. The fraction of sp³-hybridized carbons (Fsp3) is 0.588. The van der Waals surface area contributed by atoms with E-state index < -0.39 is 16.1 Å². The first-order valence-electron chi connectivity index (χ1n) is 8.39. The van der Waals surface area contributed by atoms with Crippen molar-refractivity contribution in [1.29, 1.82) is 0 Å². The van der Waals surface area contributed by atoms with Crippen molar-refractivity contribution in [3.63, 3.8) is 0 Å². The maximum atomic E-state index is 13.0. The third-order valence-electron chi connectivity index (χ3n) is 4.71. The lowest BCUT2D eigenvalue weighted by Crippen LogP contribution is -2.55. The zero-order chi connectivity index (χ0) is 17.2. The molecule has 1 aromatic rings. The minimum atomic E-state index is -3.37. The molecule has 2 aliphatic rings. The molecule has 0 radical (unpaired) electrons. The van der Waals surface area contributed by atoms with Gasteiger partial charge in [0.15, 0.2) is 0 Å². The van der Waals surface area contributed by atoms with Crippen LogP contribution in [0.5, 0.6) is 0 Å². The van der Waals surface area contributed by atoms with Gasteiger partial charge in [-0.1, -0.05) is 36.8 Å². The summed E-state index contributed by atoms with van der Waals surface area (Å²) in [7, 11) is -3.37. The van der Waals surface area contributed by atoms with E-state index in [1.165, 1.54) is 10.6 Å². The molecule has 2 heterocycles. The van der Waals surface area contributed by atoms with Gasteiger partial charge < -0.3 is 9.64 Å². The predicted octanol–water partition coefficient (Wildman–Crippen LogP) is 1.40. The van der Waals surface area contributed by atoms with Crippen molar-refractivity contribution >= 4 is 15.9 Å². The van der Waals surface area contributed by atoms with Crippen LogP contribution in [-0.4, -0.2) is 62.1 Å². The summed E-state index contributed by atoms with van der Waals surface area (Å²) >= 11 is 0. The number of nitrogens with zero attached hydrogens (tertiary/aromatic N) is 2. The van der Waals surface area contributed by atoms with Crippen molar-refractivity contribution in [2.24, 2.45) is 0 Å². The summed E-state index contributed by atoms with van der Waals surface area (Å²) < 4.78 is 31.2. The summed E-state index contributed by atoms with van der Waals surface area (Å²) in [5.41, 5.74) is 1.04. The quantitative estimate of drug-likeness (QED) is 0.825. The number of ether oxygens (including phenoxy) is 1. The van der Waals surface area contributed by atoms with Crippen LogP contribution in [0.25, 0.3) is 0 Å². The fourth-order valence-corrected chi connectivity index (χ4v) is 4.60. The lowest BCUT2D eigenvalue weighted by Gasteiger charge is -2.39. The summed E-state index contributed by atoms with van der Waals surface area (Å²) in [6, 6.07) is 9.26. The minimum absolute atomic E-state index is 0.0932. The Kier molecular flexibility index (Phi) is 5.22. The molecule has 1 amide bonds. The van der Waals surface area contributed by atoms with E-state index in [-0.39, 0.29) is 12.0 Å². The van der Waals surface area contributed by atoms with Gasteiger partial charge in [-0.3, -0.25) is 4.79 Å². The molecule has 1 aromatic carbocycles. The molecule has 132 valence electrons. The van der Waals surface area contributed by atoms with E-state index in [1.54, 1.807) is 4.90 Å². The van der Waals surface area contributed by atoms with Crippen molar-refractivity contribution in [3.05, 3.63) is 35.9 Å². The zero-order valence-electron chi connectivity index (χ0n) is 13.9. The molecule has 0 saturated carbocycles. The van der Waals surface area contributed by atoms with Crippen LogP contribution < -0.4 is 0 Å². The summed E-state index contributed by atoms with van der Waals surface area (Å²) in [5.74, 6) is -0.0932. The monoisotopic (exact) mass is 352 g/mol.